The zero-order chi connectivity index (χ0) is 17.8. The molecule has 6 heteroatoms. The number of rotatable bonds is 4. The van der Waals surface area contributed by atoms with Crippen LogP contribution in [-0.4, -0.2) is 36.1 Å². The molecule has 0 amide bonds. The number of para-hydroxylation sites is 2. The lowest BCUT2D eigenvalue weighted by atomic mass is 10.2. The first-order valence-corrected chi connectivity index (χ1v) is 8.68. The number of hydrogen-bond donors (Lipinski definition) is 1. The SMILES string of the molecule is Fc1ccccc1Nc1cc(N2CCN(c3ccccc3)CC2)ncn1. The highest BCUT2D eigenvalue weighted by molar-refractivity contribution is 5.60. The molecule has 132 valence electrons. The van der Waals surface area contributed by atoms with Crippen LogP contribution in [0.25, 0.3) is 0 Å². The number of halogens is 1. The van der Waals surface area contributed by atoms with Crippen LogP contribution in [0.1, 0.15) is 0 Å². The Morgan fingerprint density at radius 1 is 0.808 bits per heavy atom. The summed E-state index contributed by atoms with van der Waals surface area (Å²) in [5.41, 5.74) is 1.66. The van der Waals surface area contributed by atoms with Gasteiger partial charge in [0.25, 0.3) is 0 Å². The van der Waals surface area contributed by atoms with E-state index in [0.717, 1.165) is 32.0 Å². The Labute approximate surface area is 152 Å². The average Bonchev–Trinajstić information content (AvgIpc) is 2.71. The van der Waals surface area contributed by atoms with Gasteiger partial charge in [-0.2, -0.15) is 0 Å². The maximum Gasteiger partial charge on any atom is 0.146 e. The molecule has 3 aromatic rings. The summed E-state index contributed by atoms with van der Waals surface area (Å²) in [7, 11) is 0. The van der Waals surface area contributed by atoms with Crippen molar-refractivity contribution in [1.82, 2.24) is 9.97 Å². The molecule has 0 saturated carbocycles. The van der Waals surface area contributed by atoms with Gasteiger partial charge in [0.2, 0.25) is 0 Å². The number of anilines is 4. The van der Waals surface area contributed by atoms with E-state index in [2.05, 4.69) is 49.4 Å². The lowest BCUT2D eigenvalue weighted by Crippen LogP contribution is -2.46. The van der Waals surface area contributed by atoms with Gasteiger partial charge in [-0.3, -0.25) is 0 Å². The summed E-state index contributed by atoms with van der Waals surface area (Å²) in [5, 5.41) is 3.02. The van der Waals surface area contributed by atoms with Gasteiger partial charge in [0, 0.05) is 37.9 Å². The van der Waals surface area contributed by atoms with Crippen LogP contribution in [0.5, 0.6) is 0 Å². The van der Waals surface area contributed by atoms with Crippen LogP contribution >= 0.6 is 0 Å². The Morgan fingerprint density at radius 2 is 1.50 bits per heavy atom. The highest BCUT2D eigenvalue weighted by atomic mass is 19.1. The van der Waals surface area contributed by atoms with Crippen molar-refractivity contribution in [2.75, 3.05) is 41.3 Å². The van der Waals surface area contributed by atoms with Gasteiger partial charge in [-0.1, -0.05) is 30.3 Å². The molecule has 0 radical (unpaired) electrons. The summed E-state index contributed by atoms with van der Waals surface area (Å²) in [6.45, 7) is 3.63. The standard InChI is InChI=1S/C20H20FN5/c21-17-8-4-5-9-18(17)24-19-14-20(23-15-22-19)26-12-10-25(11-13-26)16-6-2-1-3-7-16/h1-9,14-15H,10-13H2,(H,22,23,24). The number of aromatic nitrogens is 2. The highest BCUT2D eigenvalue weighted by Gasteiger charge is 2.18. The first-order valence-electron chi connectivity index (χ1n) is 8.68. The molecule has 1 aromatic heterocycles. The van der Waals surface area contributed by atoms with Crippen molar-refractivity contribution in [2.24, 2.45) is 0 Å². The monoisotopic (exact) mass is 349 g/mol. The Hall–Kier alpha value is -3.15. The predicted octanol–water partition coefficient (Wildman–Crippen LogP) is 3.69. The molecule has 26 heavy (non-hydrogen) atoms. The van der Waals surface area contributed by atoms with Crippen molar-refractivity contribution in [1.29, 1.82) is 0 Å². The van der Waals surface area contributed by atoms with E-state index in [4.69, 9.17) is 0 Å². The summed E-state index contributed by atoms with van der Waals surface area (Å²) < 4.78 is 13.8. The molecule has 2 heterocycles. The molecule has 1 N–H and O–H groups in total. The molecule has 5 nitrogen and oxygen atoms in total. The van der Waals surface area contributed by atoms with Crippen molar-refractivity contribution < 1.29 is 4.39 Å². The lowest BCUT2D eigenvalue weighted by molar-refractivity contribution is 0.631. The van der Waals surface area contributed by atoms with Crippen molar-refractivity contribution in [3.05, 3.63) is 72.8 Å². The summed E-state index contributed by atoms with van der Waals surface area (Å²) in [5.74, 6) is 1.14. The molecule has 1 aliphatic heterocycles. The van der Waals surface area contributed by atoms with Crippen molar-refractivity contribution in [3.63, 3.8) is 0 Å². The Bertz CT molecular complexity index is 863. The van der Waals surface area contributed by atoms with Crippen LogP contribution in [0, 0.1) is 5.82 Å². The molecule has 0 bridgehead atoms. The second-order valence-electron chi connectivity index (χ2n) is 6.18. The minimum atomic E-state index is -0.302. The van der Waals surface area contributed by atoms with E-state index in [0.29, 0.717) is 11.5 Å². The van der Waals surface area contributed by atoms with Gasteiger partial charge in [0.05, 0.1) is 5.69 Å². The van der Waals surface area contributed by atoms with Gasteiger partial charge in [-0.15, -0.1) is 0 Å². The maximum absolute atomic E-state index is 13.8. The van der Waals surface area contributed by atoms with Crippen molar-refractivity contribution in [2.45, 2.75) is 0 Å². The van der Waals surface area contributed by atoms with Crippen molar-refractivity contribution in [3.8, 4) is 0 Å². The van der Waals surface area contributed by atoms with E-state index in [1.54, 1.807) is 18.2 Å². The number of nitrogens with zero attached hydrogens (tertiary/aromatic N) is 4. The van der Waals surface area contributed by atoms with E-state index >= 15 is 0 Å². The fourth-order valence-corrected chi connectivity index (χ4v) is 3.12. The van der Waals surface area contributed by atoms with Gasteiger partial charge in [-0.05, 0) is 24.3 Å². The predicted molar refractivity (Wildman–Crippen MR) is 103 cm³/mol. The minimum Gasteiger partial charge on any atom is -0.368 e. The van der Waals surface area contributed by atoms with Crippen LogP contribution in [-0.2, 0) is 0 Å². The smallest absolute Gasteiger partial charge is 0.146 e. The van der Waals surface area contributed by atoms with E-state index in [1.165, 1.54) is 18.1 Å². The van der Waals surface area contributed by atoms with Gasteiger partial charge in [0.15, 0.2) is 0 Å². The maximum atomic E-state index is 13.8. The van der Waals surface area contributed by atoms with E-state index in [9.17, 15) is 4.39 Å². The zero-order valence-electron chi connectivity index (χ0n) is 14.3. The molecular formula is C20H20FN5. The number of nitrogens with one attached hydrogen (secondary N) is 1. The molecule has 1 aliphatic rings. The summed E-state index contributed by atoms with van der Waals surface area (Å²) in [6.07, 6.45) is 1.52. The third-order valence-corrected chi connectivity index (χ3v) is 4.51. The Balaban J connectivity index is 1.44. The fourth-order valence-electron chi connectivity index (χ4n) is 3.12. The summed E-state index contributed by atoms with van der Waals surface area (Å²) >= 11 is 0. The van der Waals surface area contributed by atoms with Crippen LogP contribution < -0.4 is 15.1 Å². The molecule has 0 unspecified atom stereocenters. The first kappa shape index (κ1) is 16.3. The zero-order valence-corrected chi connectivity index (χ0v) is 14.3. The third kappa shape index (κ3) is 3.59. The second-order valence-corrected chi connectivity index (χ2v) is 6.18. The minimum absolute atomic E-state index is 0.302. The average molecular weight is 349 g/mol. The fraction of sp³-hybridized carbons (Fsp3) is 0.200. The van der Waals surface area contributed by atoms with Crippen molar-refractivity contribution >= 4 is 23.0 Å². The summed E-state index contributed by atoms with van der Waals surface area (Å²) in [4.78, 5) is 13.2. The first-order chi connectivity index (χ1) is 12.8. The Kier molecular flexibility index (Phi) is 4.64. The molecule has 4 rings (SSSR count). The van der Waals surface area contributed by atoms with Gasteiger partial charge in [0.1, 0.15) is 23.8 Å². The highest BCUT2D eigenvalue weighted by Crippen LogP contribution is 2.22. The van der Waals surface area contributed by atoms with E-state index < -0.39 is 0 Å². The van der Waals surface area contributed by atoms with E-state index in [-0.39, 0.29) is 5.82 Å². The van der Waals surface area contributed by atoms with Gasteiger partial charge >= 0.3 is 0 Å². The topological polar surface area (TPSA) is 44.3 Å². The van der Waals surface area contributed by atoms with E-state index in [1.807, 2.05) is 12.1 Å². The molecule has 2 aromatic carbocycles. The molecular weight excluding hydrogens is 329 g/mol. The van der Waals surface area contributed by atoms with Gasteiger partial charge < -0.3 is 15.1 Å². The lowest BCUT2D eigenvalue weighted by Gasteiger charge is -2.36. The number of piperazine rings is 1. The largest absolute Gasteiger partial charge is 0.368 e. The second kappa shape index (κ2) is 7.39. The molecule has 1 fully saturated rings. The normalized spacial score (nSPS) is 14.3. The molecule has 0 aliphatic carbocycles. The van der Waals surface area contributed by atoms with Crippen LogP contribution in [0.3, 0.4) is 0 Å². The Morgan fingerprint density at radius 3 is 2.27 bits per heavy atom. The van der Waals surface area contributed by atoms with Crippen LogP contribution in [0.2, 0.25) is 0 Å². The molecule has 0 spiro atoms. The summed E-state index contributed by atoms with van der Waals surface area (Å²) in [6, 6.07) is 18.9. The van der Waals surface area contributed by atoms with Crippen LogP contribution in [0.4, 0.5) is 27.4 Å². The molecule has 0 atom stereocenters. The number of benzene rings is 2. The quantitative estimate of drug-likeness (QED) is 0.778. The van der Waals surface area contributed by atoms with Crippen LogP contribution in [0.15, 0.2) is 67.0 Å². The molecule has 1 saturated heterocycles. The van der Waals surface area contributed by atoms with Gasteiger partial charge in [-0.25, -0.2) is 14.4 Å². The third-order valence-electron chi connectivity index (χ3n) is 4.51. The number of hydrogen-bond acceptors (Lipinski definition) is 5.